The molecule has 0 bridgehead atoms. The molecule has 30 heavy (non-hydrogen) atoms. The van der Waals surface area contributed by atoms with Crippen LogP contribution in [0.5, 0.6) is 5.75 Å². The Morgan fingerprint density at radius 2 is 2.10 bits per heavy atom. The van der Waals surface area contributed by atoms with E-state index in [-0.39, 0.29) is 17.0 Å². The highest BCUT2D eigenvalue weighted by Crippen LogP contribution is 2.24. The van der Waals surface area contributed by atoms with E-state index in [9.17, 15) is 4.79 Å². The Morgan fingerprint density at radius 3 is 2.70 bits per heavy atom. The summed E-state index contributed by atoms with van der Waals surface area (Å²) in [7, 11) is -0.413. The fourth-order valence-corrected chi connectivity index (χ4v) is 3.86. The van der Waals surface area contributed by atoms with E-state index in [2.05, 4.69) is 27.0 Å². The molecular weight excluding hydrogens is 389 g/mol. The number of pyridine rings is 2. The first-order valence-corrected chi connectivity index (χ1v) is 9.95. The molecule has 0 spiro atoms. The second kappa shape index (κ2) is 8.64. The largest absolute Gasteiger partial charge is 0.707 e. The van der Waals surface area contributed by atoms with Gasteiger partial charge >= 0.3 is 7.32 Å². The van der Waals surface area contributed by atoms with Crippen molar-refractivity contribution in [2.24, 2.45) is 7.05 Å². The van der Waals surface area contributed by atoms with Crippen LogP contribution in [0.15, 0.2) is 35.4 Å². The van der Waals surface area contributed by atoms with Crippen molar-refractivity contribution in [1.82, 2.24) is 14.5 Å². The van der Waals surface area contributed by atoms with E-state index in [1.54, 1.807) is 13.2 Å². The third-order valence-corrected chi connectivity index (χ3v) is 5.54. The molecule has 11 heteroatoms. The predicted octanol–water partition coefficient (Wildman–Crippen LogP) is -0.218. The molecule has 0 saturated carbocycles. The van der Waals surface area contributed by atoms with Crippen molar-refractivity contribution in [2.45, 2.75) is 19.0 Å². The highest BCUT2D eigenvalue weighted by atomic mass is 16.6. The molecule has 0 amide bonds. The molecule has 2 aliphatic rings. The van der Waals surface area contributed by atoms with Crippen LogP contribution < -0.4 is 20.4 Å². The summed E-state index contributed by atoms with van der Waals surface area (Å²) in [5.74, 6) is 0.658. The lowest BCUT2D eigenvalue weighted by Gasteiger charge is -2.46. The lowest BCUT2D eigenvalue weighted by Crippen LogP contribution is -2.59. The average molecular weight is 415 g/mol. The van der Waals surface area contributed by atoms with E-state index in [1.807, 2.05) is 12.1 Å². The van der Waals surface area contributed by atoms with Gasteiger partial charge in [0.15, 0.2) is 0 Å². The van der Waals surface area contributed by atoms with Gasteiger partial charge in [-0.25, -0.2) is 4.98 Å². The van der Waals surface area contributed by atoms with Gasteiger partial charge < -0.3 is 34.2 Å². The summed E-state index contributed by atoms with van der Waals surface area (Å²) >= 11 is 0. The molecule has 0 aromatic carbocycles. The van der Waals surface area contributed by atoms with Crippen molar-refractivity contribution in [3.63, 3.8) is 0 Å². The van der Waals surface area contributed by atoms with Crippen LogP contribution in [0.3, 0.4) is 0 Å². The maximum absolute atomic E-state index is 12.4. The summed E-state index contributed by atoms with van der Waals surface area (Å²) in [5.41, 5.74) is 0.969. The number of nitrogens with zero attached hydrogens (tertiary/aromatic N) is 4. The molecule has 4 rings (SSSR count). The number of anilines is 3. The summed E-state index contributed by atoms with van der Waals surface area (Å²) in [6, 6.07) is 6.13. The molecule has 1 atom stereocenters. The smallest absolute Gasteiger partial charge is 0.511 e. The quantitative estimate of drug-likeness (QED) is 0.552. The minimum atomic E-state index is -1.97. The summed E-state index contributed by atoms with van der Waals surface area (Å²) < 4.78 is 11.5. The van der Waals surface area contributed by atoms with Gasteiger partial charge in [0.05, 0.1) is 31.1 Å². The van der Waals surface area contributed by atoms with E-state index in [4.69, 9.17) is 19.4 Å². The Labute approximate surface area is 174 Å². The molecule has 0 radical (unpaired) electrons. The van der Waals surface area contributed by atoms with Crippen LogP contribution in [-0.2, 0) is 11.8 Å². The molecule has 2 fully saturated rings. The van der Waals surface area contributed by atoms with Crippen LogP contribution in [0.4, 0.5) is 17.2 Å². The molecule has 2 saturated heterocycles. The molecule has 2 aliphatic heterocycles. The molecule has 2 aromatic heterocycles. The van der Waals surface area contributed by atoms with Gasteiger partial charge in [0, 0.05) is 45.0 Å². The first-order chi connectivity index (χ1) is 14.4. The predicted molar refractivity (Wildman–Crippen MR) is 113 cm³/mol. The zero-order valence-corrected chi connectivity index (χ0v) is 17.1. The van der Waals surface area contributed by atoms with Crippen LogP contribution in [0.1, 0.15) is 6.92 Å². The third-order valence-electron chi connectivity index (χ3n) is 5.54. The van der Waals surface area contributed by atoms with Crippen molar-refractivity contribution in [3.05, 3.63) is 40.9 Å². The summed E-state index contributed by atoms with van der Waals surface area (Å²) in [5, 5.41) is 20.9. The third kappa shape index (κ3) is 4.44. The molecular formula is C19H26BN5O5. The Balaban J connectivity index is 1.44. The zero-order valence-electron chi connectivity index (χ0n) is 17.1. The van der Waals surface area contributed by atoms with Gasteiger partial charge in [-0.1, -0.05) is 0 Å². The van der Waals surface area contributed by atoms with Crippen LogP contribution in [0, 0.1) is 0 Å². The fourth-order valence-electron chi connectivity index (χ4n) is 3.86. The number of hydrogen-bond acceptors (Lipinski definition) is 9. The van der Waals surface area contributed by atoms with E-state index in [1.165, 1.54) is 16.8 Å². The van der Waals surface area contributed by atoms with Crippen molar-refractivity contribution in [2.75, 3.05) is 43.1 Å². The fraction of sp³-hybridized carbons (Fsp3) is 0.474. The number of hydrogen-bond donors (Lipinski definition) is 3. The molecule has 10 nitrogen and oxygen atoms in total. The molecule has 0 unspecified atom stereocenters. The minimum absolute atomic E-state index is 0.148. The minimum Gasteiger partial charge on any atom is -0.511 e. The maximum atomic E-state index is 12.4. The van der Waals surface area contributed by atoms with E-state index >= 15 is 0 Å². The molecule has 160 valence electrons. The Kier molecular flexibility index (Phi) is 5.95. The van der Waals surface area contributed by atoms with Gasteiger partial charge in [-0.2, -0.15) is 0 Å². The van der Waals surface area contributed by atoms with E-state index < -0.39 is 7.32 Å². The molecule has 4 heterocycles. The van der Waals surface area contributed by atoms with Gasteiger partial charge in [0.25, 0.3) is 5.56 Å². The Morgan fingerprint density at radius 1 is 1.30 bits per heavy atom. The monoisotopic (exact) mass is 415 g/mol. The SMILES string of the molecule is C[C@H]1CN(C2COC2)CCN1c1ccc(Nc2cc(OB(O)O)cn(C)c2=O)nc1. The number of rotatable bonds is 6. The number of ether oxygens (including phenoxy) is 1. The average Bonchev–Trinajstić information content (AvgIpc) is 2.65. The first kappa shape index (κ1) is 20.7. The number of aryl methyl sites for hydroxylation is 1. The van der Waals surface area contributed by atoms with Crippen molar-refractivity contribution in [3.8, 4) is 5.75 Å². The van der Waals surface area contributed by atoms with Crippen LogP contribution in [-0.4, -0.2) is 76.8 Å². The summed E-state index contributed by atoms with van der Waals surface area (Å²) in [4.78, 5) is 21.6. The lowest BCUT2D eigenvalue weighted by molar-refractivity contribution is -0.0691. The number of piperazine rings is 1. The highest BCUT2D eigenvalue weighted by Gasteiger charge is 2.32. The Hall–Kier alpha value is -2.60. The maximum Gasteiger partial charge on any atom is 0.707 e. The van der Waals surface area contributed by atoms with Crippen molar-refractivity contribution >= 4 is 24.5 Å². The summed E-state index contributed by atoms with van der Waals surface area (Å²) in [6.45, 7) is 6.79. The standard InChI is InChI=1S/C19H26BN5O5/c1-13-9-24(15-11-29-12-15)5-6-25(13)14-3-4-18(21-8-14)22-17-7-16(30-20(27)28)10-23(2)19(17)26/h3-4,7-8,10,13,15,27-28H,5-6,9,11-12H2,1-2H3,(H,21,22)/t13-/m0/s1. The number of aromatic nitrogens is 2. The summed E-state index contributed by atoms with van der Waals surface area (Å²) in [6.07, 6.45) is 3.17. The topological polar surface area (TPSA) is 112 Å². The second-order valence-electron chi connectivity index (χ2n) is 7.70. The van der Waals surface area contributed by atoms with Crippen molar-refractivity contribution < 1.29 is 19.4 Å². The first-order valence-electron chi connectivity index (χ1n) is 9.95. The van der Waals surface area contributed by atoms with Crippen LogP contribution in [0.2, 0.25) is 0 Å². The normalized spacial score (nSPS) is 20.0. The van der Waals surface area contributed by atoms with Crippen LogP contribution in [0.25, 0.3) is 0 Å². The van der Waals surface area contributed by atoms with Gasteiger partial charge in [-0.15, -0.1) is 0 Å². The van der Waals surface area contributed by atoms with E-state index in [0.29, 0.717) is 17.9 Å². The van der Waals surface area contributed by atoms with Gasteiger partial charge in [-0.05, 0) is 19.1 Å². The Bertz CT molecular complexity index is 934. The van der Waals surface area contributed by atoms with Crippen LogP contribution >= 0.6 is 0 Å². The second-order valence-corrected chi connectivity index (χ2v) is 7.70. The zero-order chi connectivity index (χ0) is 21.3. The molecule has 3 N–H and O–H groups in total. The molecule has 0 aliphatic carbocycles. The van der Waals surface area contributed by atoms with E-state index in [0.717, 1.165) is 38.5 Å². The van der Waals surface area contributed by atoms with Gasteiger partial charge in [0.1, 0.15) is 17.3 Å². The molecule has 2 aromatic rings. The van der Waals surface area contributed by atoms with Gasteiger partial charge in [0.2, 0.25) is 0 Å². The van der Waals surface area contributed by atoms with Gasteiger partial charge in [-0.3, -0.25) is 9.69 Å². The number of nitrogens with one attached hydrogen (secondary N) is 1. The highest BCUT2D eigenvalue weighted by molar-refractivity contribution is 6.33. The lowest BCUT2D eigenvalue weighted by atomic mass is 10.1. The van der Waals surface area contributed by atoms with Crippen molar-refractivity contribution in [1.29, 1.82) is 0 Å².